The largest absolute Gasteiger partial charge is 0.344 e. The van der Waals surface area contributed by atoms with Gasteiger partial charge in [0.15, 0.2) is 5.82 Å². The topological polar surface area (TPSA) is 75.4 Å². The van der Waals surface area contributed by atoms with E-state index in [0.29, 0.717) is 11.7 Å². The van der Waals surface area contributed by atoms with Crippen LogP contribution in [0.25, 0.3) is 16.9 Å². The zero-order chi connectivity index (χ0) is 21.4. The summed E-state index contributed by atoms with van der Waals surface area (Å²) in [5, 5.41) is 7.70. The van der Waals surface area contributed by atoms with Gasteiger partial charge in [-0.1, -0.05) is 19.1 Å². The SMILES string of the molecule is Cc1ccc(NC(=O)[C@@H]2CC(C)CN2c2ccccn2)cc1-c1ncc2cccn2n1.[HH]. The Kier molecular flexibility index (Phi) is 4.86. The van der Waals surface area contributed by atoms with E-state index < -0.39 is 0 Å². The fraction of sp³-hybridized carbons (Fsp3) is 0.250. The molecule has 1 amide bonds. The van der Waals surface area contributed by atoms with Crippen LogP contribution in [0.2, 0.25) is 0 Å². The van der Waals surface area contributed by atoms with Crippen molar-refractivity contribution in [2.75, 3.05) is 16.8 Å². The molecule has 0 spiro atoms. The molecule has 7 heteroatoms. The molecule has 0 bridgehead atoms. The maximum atomic E-state index is 13.2. The fourth-order valence-electron chi connectivity index (χ4n) is 4.19. The van der Waals surface area contributed by atoms with Gasteiger partial charge in [-0.05, 0) is 61.2 Å². The Morgan fingerprint density at radius 3 is 2.90 bits per heavy atom. The van der Waals surface area contributed by atoms with Crippen molar-refractivity contribution in [3.63, 3.8) is 0 Å². The molecule has 1 N–H and O–H groups in total. The first-order chi connectivity index (χ1) is 15.1. The smallest absolute Gasteiger partial charge is 0.247 e. The average molecular weight is 415 g/mol. The molecule has 2 atom stereocenters. The summed E-state index contributed by atoms with van der Waals surface area (Å²) in [7, 11) is 0. The minimum absolute atomic E-state index is 0. The van der Waals surface area contributed by atoms with Crippen LogP contribution in [0.1, 0.15) is 20.3 Å². The number of aryl methyl sites for hydroxylation is 1. The average Bonchev–Trinajstić information content (AvgIpc) is 3.41. The zero-order valence-electron chi connectivity index (χ0n) is 17.6. The van der Waals surface area contributed by atoms with E-state index in [1.807, 2.05) is 61.7 Å². The molecular formula is C24H26N6O. The molecule has 1 fully saturated rings. The van der Waals surface area contributed by atoms with E-state index in [0.717, 1.165) is 41.1 Å². The first kappa shape index (κ1) is 19.2. The Hall–Kier alpha value is -3.74. The van der Waals surface area contributed by atoms with Crippen LogP contribution in [0.5, 0.6) is 0 Å². The maximum Gasteiger partial charge on any atom is 0.247 e. The highest BCUT2D eigenvalue weighted by Gasteiger charge is 2.35. The second-order valence-corrected chi connectivity index (χ2v) is 8.18. The molecule has 31 heavy (non-hydrogen) atoms. The molecule has 3 aromatic heterocycles. The maximum absolute atomic E-state index is 13.2. The second-order valence-electron chi connectivity index (χ2n) is 8.18. The molecule has 1 aromatic carbocycles. The zero-order valence-corrected chi connectivity index (χ0v) is 17.6. The number of carbonyl (C=O) groups excluding carboxylic acids is 1. The lowest BCUT2D eigenvalue weighted by Crippen LogP contribution is -2.40. The van der Waals surface area contributed by atoms with E-state index >= 15 is 0 Å². The van der Waals surface area contributed by atoms with Crippen molar-refractivity contribution in [2.45, 2.75) is 26.3 Å². The van der Waals surface area contributed by atoms with Crippen LogP contribution in [0.4, 0.5) is 11.5 Å². The Morgan fingerprint density at radius 2 is 2.06 bits per heavy atom. The Bertz CT molecular complexity index is 1240. The monoisotopic (exact) mass is 414 g/mol. The van der Waals surface area contributed by atoms with Gasteiger partial charge in [0.1, 0.15) is 11.9 Å². The lowest BCUT2D eigenvalue weighted by atomic mass is 10.1. The van der Waals surface area contributed by atoms with Crippen LogP contribution in [0.15, 0.2) is 67.1 Å². The number of anilines is 2. The first-order valence-electron chi connectivity index (χ1n) is 10.5. The molecular weight excluding hydrogens is 388 g/mol. The molecule has 1 aliphatic rings. The normalized spacial score (nSPS) is 18.5. The lowest BCUT2D eigenvalue weighted by Gasteiger charge is -2.25. The molecule has 0 radical (unpaired) electrons. The van der Waals surface area contributed by atoms with Crippen LogP contribution < -0.4 is 10.2 Å². The molecule has 4 aromatic rings. The molecule has 1 saturated heterocycles. The van der Waals surface area contributed by atoms with Crippen molar-refractivity contribution in [2.24, 2.45) is 5.92 Å². The number of hydrogen-bond acceptors (Lipinski definition) is 5. The minimum Gasteiger partial charge on any atom is -0.344 e. The van der Waals surface area contributed by atoms with Crippen LogP contribution in [-0.2, 0) is 4.79 Å². The second kappa shape index (κ2) is 7.83. The van der Waals surface area contributed by atoms with Gasteiger partial charge in [-0.2, -0.15) is 0 Å². The Balaban J connectivity index is 0.00000245. The summed E-state index contributed by atoms with van der Waals surface area (Å²) in [6.07, 6.45) is 6.27. The molecule has 4 heterocycles. The molecule has 1 aliphatic heterocycles. The highest BCUT2D eigenvalue weighted by Crippen LogP contribution is 2.29. The molecule has 5 rings (SSSR count). The molecule has 1 unspecified atom stereocenters. The predicted octanol–water partition coefficient (Wildman–Crippen LogP) is 4.20. The summed E-state index contributed by atoms with van der Waals surface area (Å²) in [4.78, 5) is 24.3. The van der Waals surface area contributed by atoms with Gasteiger partial charge in [-0.25, -0.2) is 14.5 Å². The van der Waals surface area contributed by atoms with Gasteiger partial charge in [0.05, 0.1) is 11.7 Å². The third-order valence-corrected chi connectivity index (χ3v) is 5.78. The molecule has 7 nitrogen and oxygen atoms in total. The van der Waals surface area contributed by atoms with E-state index in [4.69, 9.17) is 0 Å². The van der Waals surface area contributed by atoms with Gasteiger partial charge in [0, 0.05) is 31.6 Å². The van der Waals surface area contributed by atoms with Crippen molar-refractivity contribution in [1.82, 2.24) is 19.6 Å². The van der Waals surface area contributed by atoms with E-state index in [2.05, 4.69) is 32.2 Å². The van der Waals surface area contributed by atoms with E-state index in [1.54, 1.807) is 16.9 Å². The quantitative estimate of drug-likeness (QED) is 0.542. The van der Waals surface area contributed by atoms with Crippen molar-refractivity contribution in [3.05, 3.63) is 72.7 Å². The predicted molar refractivity (Wildman–Crippen MR) is 123 cm³/mol. The first-order valence-corrected chi connectivity index (χ1v) is 10.5. The highest BCUT2D eigenvalue weighted by molar-refractivity contribution is 5.97. The van der Waals surface area contributed by atoms with Crippen LogP contribution in [0.3, 0.4) is 0 Å². The molecule has 158 valence electrons. The van der Waals surface area contributed by atoms with Crippen LogP contribution in [0, 0.1) is 12.8 Å². The van der Waals surface area contributed by atoms with Crippen molar-refractivity contribution in [1.29, 1.82) is 0 Å². The van der Waals surface area contributed by atoms with Crippen LogP contribution in [-0.4, -0.2) is 38.1 Å². The van der Waals surface area contributed by atoms with Gasteiger partial charge in [0.25, 0.3) is 0 Å². The Morgan fingerprint density at radius 1 is 1.16 bits per heavy atom. The number of carbonyl (C=O) groups is 1. The molecule has 0 aliphatic carbocycles. The van der Waals surface area contributed by atoms with Crippen LogP contribution >= 0.6 is 0 Å². The number of benzene rings is 1. The van der Waals surface area contributed by atoms with Gasteiger partial charge in [-0.3, -0.25) is 4.79 Å². The number of nitrogens with one attached hydrogen (secondary N) is 1. The fourth-order valence-corrected chi connectivity index (χ4v) is 4.19. The van der Waals surface area contributed by atoms with Gasteiger partial charge in [0.2, 0.25) is 5.91 Å². The summed E-state index contributed by atoms with van der Waals surface area (Å²) in [6.45, 7) is 5.01. The number of rotatable bonds is 4. The third kappa shape index (κ3) is 3.74. The number of aromatic nitrogens is 4. The minimum atomic E-state index is -0.248. The summed E-state index contributed by atoms with van der Waals surface area (Å²) in [6, 6.07) is 15.3. The van der Waals surface area contributed by atoms with E-state index in [-0.39, 0.29) is 13.4 Å². The van der Waals surface area contributed by atoms with Crippen molar-refractivity contribution < 1.29 is 6.22 Å². The Labute approximate surface area is 182 Å². The number of nitrogens with zero attached hydrogens (tertiary/aromatic N) is 5. The summed E-state index contributed by atoms with van der Waals surface area (Å²) < 4.78 is 1.80. The summed E-state index contributed by atoms with van der Waals surface area (Å²) in [5.74, 6) is 1.87. The number of amides is 1. The number of pyridine rings is 1. The standard InChI is InChI=1S/C24H24N6O.H2/c1-16-12-21(29(15-16)22-7-3-4-10-25-22)24(31)27-18-9-8-17(2)20(13-18)23-26-14-19-6-5-11-30(19)28-23;/h3-11,13-14,16,21H,12,15H2,1-2H3,(H,27,31);1H/t16?,21-;/m0./s1. The van der Waals surface area contributed by atoms with E-state index in [1.165, 1.54) is 0 Å². The summed E-state index contributed by atoms with van der Waals surface area (Å²) in [5.41, 5.74) is 3.63. The highest BCUT2D eigenvalue weighted by atomic mass is 16.2. The summed E-state index contributed by atoms with van der Waals surface area (Å²) >= 11 is 0. The number of fused-ring (bicyclic) bond motifs is 1. The van der Waals surface area contributed by atoms with E-state index in [9.17, 15) is 4.79 Å². The lowest BCUT2D eigenvalue weighted by molar-refractivity contribution is -0.117. The van der Waals surface area contributed by atoms with Crippen molar-refractivity contribution >= 4 is 22.9 Å². The van der Waals surface area contributed by atoms with Gasteiger partial charge in [-0.15, -0.1) is 5.10 Å². The third-order valence-electron chi connectivity index (χ3n) is 5.78. The van der Waals surface area contributed by atoms with Crippen molar-refractivity contribution in [3.8, 4) is 11.4 Å². The number of hydrogen-bond donors (Lipinski definition) is 1. The van der Waals surface area contributed by atoms with Gasteiger partial charge < -0.3 is 10.2 Å². The molecule has 0 saturated carbocycles. The van der Waals surface area contributed by atoms with Gasteiger partial charge >= 0.3 is 0 Å².